The van der Waals surface area contributed by atoms with Crippen LogP contribution in [0.4, 0.5) is 23.2 Å². The first-order valence-electron chi connectivity index (χ1n) is 9.43. The van der Waals surface area contributed by atoms with Gasteiger partial charge < -0.3 is 14.8 Å². The second kappa shape index (κ2) is 9.25. The number of nitrogens with zero attached hydrogens (tertiary/aromatic N) is 2. The number of hydrogen-bond donors (Lipinski definition) is 2. The van der Waals surface area contributed by atoms with E-state index in [9.17, 15) is 26.6 Å². The van der Waals surface area contributed by atoms with Crippen molar-refractivity contribution in [1.82, 2.24) is 10.2 Å². The van der Waals surface area contributed by atoms with Crippen molar-refractivity contribution in [2.45, 2.75) is 18.0 Å². The third-order valence-electron chi connectivity index (χ3n) is 4.58. The maximum Gasteiger partial charge on any atom is 0.435 e. The highest BCUT2D eigenvalue weighted by atomic mass is 32.2. The molecule has 1 unspecified atom stereocenters. The van der Waals surface area contributed by atoms with Gasteiger partial charge in [-0.25, -0.2) is 8.99 Å². The summed E-state index contributed by atoms with van der Waals surface area (Å²) >= 11 is 0. The second-order valence-corrected chi connectivity index (χ2v) is 9.21. The Morgan fingerprint density at radius 2 is 1.76 bits per heavy atom. The molecule has 0 spiro atoms. The molecule has 0 bridgehead atoms. The number of anilines is 1. The van der Waals surface area contributed by atoms with Gasteiger partial charge in [0.05, 0.1) is 16.8 Å². The molecule has 3 aromatic rings. The van der Waals surface area contributed by atoms with Gasteiger partial charge in [0.15, 0.2) is 17.2 Å². The van der Waals surface area contributed by atoms with Crippen molar-refractivity contribution in [1.29, 1.82) is 4.78 Å². The average Bonchev–Trinajstić information content (AvgIpc) is 2.74. The zero-order chi connectivity index (χ0) is 25.3. The Hall–Kier alpha value is -3.74. The highest BCUT2D eigenvalue weighted by Gasteiger charge is 2.38. The average molecular weight is 498 g/mol. The number of alkyl halides is 3. The fourth-order valence-corrected chi connectivity index (χ4v) is 3.64. The van der Waals surface area contributed by atoms with E-state index in [1.807, 2.05) is 0 Å². The predicted octanol–water partition coefficient (Wildman–Crippen LogP) is 5.03. The predicted molar refractivity (Wildman–Crippen MR) is 114 cm³/mol. The van der Waals surface area contributed by atoms with Crippen LogP contribution in [0.5, 0.6) is 17.4 Å². The first-order valence-corrected chi connectivity index (χ1v) is 11.4. The minimum absolute atomic E-state index is 0.0626. The molecule has 0 radical (unpaired) electrons. The van der Waals surface area contributed by atoms with Crippen molar-refractivity contribution < 1.29 is 36.0 Å². The van der Waals surface area contributed by atoms with Crippen molar-refractivity contribution >= 4 is 21.3 Å². The number of aromatic nitrogens is 2. The number of carbonyl (C=O) groups is 1. The molecule has 8 nitrogen and oxygen atoms in total. The van der Waals surface area contributed by atoms with Gasteiger partial charge in [-0.3, -0.25) is 4.79 Å². The zero-order valence-corrected chi connectivity index (χ0v) is 18.8. The molecule has 0 fully saturated rings. The summed E-state index contributed by atoms with van der Waals surface area (Å²) in [6, 6.07) is 9.31. The largest absolute Gasteiger partial charge is 0.494 e. The van der Waals surface area contributed by atoms with Gasteiger partial charge >= 0.3 is 6.18 Å². The van der Waals surface area contributed by atoms with Gasteiger partial charge in [-0.05, 0) is 42.8 Å². The number of benzene rings is 2. The highest BCUT2D eigenvalue weighted by Crippen LogP contribution is 2.36. The fraction of sp³-hybridized carbons (Fsp3) is 0.190. The van der Waals surface area contributed by atoms with E-state index in [4.69, 9.17) is 14.3 Å². The summed E-state index contributed by atoms with van der Waals surface area (Å²) in [4.78, 5) is 13.1. The molecule has 1 atom stereocenters. The molecule has 13 heteroatoms. The lowest BCUT2D eigenvalue weighted by molar-refractivity contribution is -0.142. The van der Waals surface area contributed by atoms with E-state index in [1.165, 1.54) is 55.8 Å². The van der Waals surface area contributed by atoms with E-state index in [2.05, 4.69) is 15.5 Å². The molecule has 3 rings (SSSR count). The topological polar surface area (TPSA) is 114 Å². The number of amides is 1. The summed E-state index contributed by atoms with van der Waals surface area (Å²) in [5.41, 5.74) is -2.60. The molecule has 1 heterocycles. The number of hydrogen-bond acceptors (Lipinski definition) is 7. The molecule has 2 N–H and O–H groups in total. The van der Waals surface area contributed by atoms with E-state index in [1.54, 1.807) is 0 Å². The molecule has 180 valence electrons. The lowest BCUT2D eigenvalue weighted by atomic mass is 10.1. The molecular formula is C21H18F4N4O4S. The molecule has 1 amide bonds. The number of methoxy groups -OCH3 is 1. The first kappa shape index (κ1) is 24.9. The summed E-state index contributed by atoms with van der Waals surface area (Å²) in [7, 11) is -1.91. The van der Waals surface area contributed by atoms with Gasteiger partial charge in [0, 0.05) is 16.8 Å². The van der Waals surface area contributed by atoms with Crippen LogP contribution in [0.3, 0.4) is 0 Å². The number of halogens is 4. The third kappa shape index (κ3) is 5.25. The Kier molecular flexibility index (Phi) is 6.77. The molecule has 1 aromatic heterocycles. The lowest BCUT2D eigenvalue weighted by Gasteiger charge is -2.16. The Balaban J connectivity index is 2.09. The maximum absolute atomic E-state index is 14.5. The smallest absolute Gasteiger partial charge is 0.435 e. The normalized spacial score (nSPS) is 13.1. The van der Waals surface area contributed by atoms with Crippen LogP contribution in [-0.4, -0.2) is 33.7 Å². The quantitative estimate of drug-likeness (QED) is 0.461. The van der Waals surface area contributed by atoms with Crippen molar-refractivity contribution in [3.63, 3.8) is 0 Å². The SMILES string of the molecule is COc1cccc(Oc2nnc(C(F)(F)F)c(C)c2C(=O)Nc2cccc(S(C)(=N)=O)c2)c1F. The molecule has 0 saturated heterocycles. The molecule has 34 heavy (non-hydrogen) atoms. The van der Waals surface area contributed by atoms with Crippen LogP contribution >= 0.6 is 0 Å². The monoisotopic (exact) mass is 498 g/mol. The minimum Gasteiger partial charge on any atom is -0.494 e. The number of carbonyl (C=O) groups excluding carboxylic acids is 1. The summed E-state index contributed by atoms with van der Waals surface area (Å²) in [5, 5.41) is 8.87. The van der Waals surface area contributed by atoms with Crippen LogP contribution in [-0.2, 0) is 15.9 Å². The summed E-state index contributed by atoms with van der Waals surface area (Å²) < 4.78 is 84.6. The van der Waals surface area contributed by atoms with E-state index in [0.717, 1.165) is 6.92 Å². The molecule has 0 aliphatic carbocycles. The molecular weight excluding hydrogens is 480 g/mol. The van der Waals surface area contributed by atoms with Gasteiger partial charge in [0.2, 0.25) is 5.82 Å². The zero-order valence-electron chi connectivity index (χ0n) is 18.0. The summed E-state index contributed by atoms with van der Waals surface area (Å²) in [6.45, 7) is 1.00. The van der Waals surface area contributed by atoms with Crippen molar-refractivity contribution in [3.05, 3.63) is 65.1 Å². The molecule has 0 saturated carbocycles. The van der Waals surface area contributed by atoms with E-state index in [-0.39, 0.29) is 16.3 Å². The summed E-state index contributed by atoms with van der Waals surface area (Å²) in [5.74, 6) is -3.36. The Morgan fingerprint density at radius 1 is 1.12 bits per heavy atom. The van der Waals surface area contributed by atoms with Crippen LogP contribution in [0.2, 0.25) is 0 Å². The minimum atomic E-state index is -4.93. The van der Waals surface area contributed by atoms with Gasteiger partial charge in [-0.15, -0.1) is 10.2 Å². The number of ether oxygens (including phenoxy) is 2. The van der Waals surface area contributed by atoms with E-state index >= 15 is 0 Å². The van der Waals surface area contributed by atoms with Crippen LogP contribution in [0, 0.1) is 17.5 Å². The van der Waals surface area contributed by atoms with Gasteiger partial charge in [0.1, 0.15) is 5.56 Å². The third-order valence-corrected chi connectivity index (χ3v) is 5.73. The fourth-order valence-electron chi connectivity index (χ4n) is 2.95. The second-order valence-electron chi connectivity index (χ2n) is 7.05. The molecule has 0 aliphatic heterocycles. The van der Waals surface area contributed by atoms with Gasteiger partial charge in [-0.2, -0.15) is 17.6 Å². The van der Waals surface area contributed by atoms with Gasteiger partial charge in [0.25, 0.3) is 11.8 Å². The molecule has 0 aliphatic rings. The summed E-state index contributed by atoms with van der Waals surface area (Å²) in [6.07, 6.45) is -3.75. The van der Waals surface area contributed by atoms with Crippen LogP contribution < -0.4 is 14.8 Å². The Morgan fingerprint density at radius 3 is 2.38 bits per heavy atom. The standard InChI is InChI=1S/C21H18F4N4O4S/c1-11-16(19(30)27-12-6-4-7-13(10-12)34(3,26)31)20(29-28-18(11)21(23,24)25)33-15-9-5-8-14(32-2)17(15)22/h4-10,26H,1-3H3,(H,27,30). The Labute approximate surface area is 191 Å². The lowest BCUT2D eigenvalue weighted by Crippen LogP contribution is -2.21. The van der Waals surface area contributed by atoms with Crippen LogP contribution in [0.15, 0.2) is 47.4 Å². The van der Waals surface area contributed by atoms with Crippen molar-refractivity contribution in [3.8, 4) is 17.4 Å². The van der Waals surface area contributed by atoms with Gasteiger partial charge in [-0.1, -0.05) is 12.1 Å². The van der Waals surface area contributed by atoms with Crippen molar-refractivity contribution in [2.75, 3.05) is 18.7 Å². The highest BCUT2D eigenvalue weighted by molar-refractivity contribution is 7.91. The Bertz CT molecular complexity index is 1360. The number of rotatable bonds is 6. The first-order chi connectivity index (χ1) is 15.8. The van der Waals surface area contributed by atoms with E-state index < -0.39 is 56.1 Å². The van der Waals surface area contributed by atoms with Crippen LogP contribution in [0.1, 0.15) is 21.6 Å². The maximum atomic E-state index is 14.5. The van der Waals surface area contributed by atoms with E-state index in [0.29, 0.717) is 0 Å². The number of nitrogens with one attached hydrogen (secondary N) is 2. The van der Waals surface area contributed by atoms with Crippen LogP contribution in [0.25, 0.3) is 0 Å². The van der Waals surface area contributed by atoms with Crippen molar-refractivity contribution in [2.24, 2.45) is 0 Å². The molecule has 2 aromatic carbocycles.